The molecule has 2 aliphatic heterocycles. The summed E-state index contributed by atoms with van der Waals surface area (Å²) in [6, 6.07) is 2.02. The van der Waals surface area contributed by atoms with E-state index in [9.17, 15) is 0 Å². The maximum Gasteiger partial charge on any atom is 0.158 e. The number of nitrogens with zero attached hydrogens (tertiary/aromatic N) is 4. The highest BCUT2D eigenvalue weighted by atomic mass is 35.5. The first-order valence-electron chi connectivity index (χ1n) is 10.3. The summed E-state index contributed by atoms with van der Waals surface area (Å²) in [7, 11) is 0. The van der Waals surface area contributed by atoms with Crippen molar-refractivity contribution in [2.24, 2.45) is 17.1 Å². The minimum Gasteiger partial charge on any atom is -0.382 e. The van der Waals surface area contributed by atoms with E-state index in [1.165, 1.54) is 11.8 Å². The van der Waals surface area contributed by atoms with Crippen LogP contribution < -0.4 is 22.1 Å². The highest BCUT2D eigenvalue weighted by molar-refractivity contribution is 7.99. The monoisotopic (exact) mass is 447 g/mol. The summed E-state index contributed by atoms with van der Waals surface area (Å²) in [4.78, 5) is 16.1. The lowest BCUT2D eigenvalue weighted by molar-refractivity contribution is 0.0803. The van der Waals surface area contributed by atoms with Gasteiger partial charge in [0.1, 0.15) is 16.7 Å². The number of nitrogen functional groups attached to an aromatic ring is 2. The van der Waals surface area contributed by atoms with Crippen LogP contribution in [0.3, 0.4) is 0 Å². The number of hydrogen-bond donors (Lipinski definition) is 3. The summed E-state index contributed by atoms with van der Waals surface area (Å²) in [5, 5.41) is 0.998. The van der Waals surface area contributed by atoms with Crippen LogP contribution in [0.4, 0.5) is 17.5 Å². The Morgan fingerprint density at radius 2 is 2.00 bits per heavy atom. The Morgan fingerprint density at radius 3 is 2.73 bits per heavy atom. The summed E-state index contributed by atoms with van der Waals surface area (Å²) in [6.45, 7) is 2.67. The van der Waals surface area contributed by atoms with Gasteiger partial charge in [-0.2, -0.15) is 0 Å². The number of nitrogens with two attached hydrogens (primary N) is 3. The van der Waals surface area contributed by atoms with Crippen molar-refractivity contribution >= 4 is 40.8 Å². The van der Waals surface area contributed by atoms with Crippen molar-refractivity contribution in [3.05, 3.63) is 23.5 Å². The molecule has 30 heavy (non-hydrogen) atoms. The fourth-order valence-electron chi connectivity index (χ4n) is 5.23. The van der Waals surface area contributed by atoms with Gasteiger partial charge >= 0.3 is 0 Å². The van der Waals surface area contributed by atoms with Crippen molar-refractivity contribution in [1.29, 1.82) is 0 Å². The number of ether oxygens (including phenoxy) is 1. The first-order chi connectivity index (χ1) is 14.5. The Bertz CT molecular complexity index is 953. The molecule has 1 spiro atoms. The molecule has 0 bridgehead atoms. The molecule has 1 aliphatic carbocycles. The SMILES string of the molecule is Nc1nc(N2CCC3(CC2)CC2OCC[C@@H]2C3N)cnc1Sc1ccnc(N)c1Cl. The lowest BCUT2D eigenvalue weighted by atomic mass is 9.73. The van der Waals surface area contributed by atoms with E-state index in [1.54, 1.807) is 18.5 Å². The third-order valence-corrected chi connectivity index (χ3v) is 8.54. The average molecular weight is 448 g/mol. The topological polar surface area (TPSA) is 129 Å². The van der Waals surface area contributed by atoms with Crippen molar-refractivity contribution in [2.75, 3.05) is 36.1 Å². The molecule has 8 nitrogen and oxygen atoms in total. The minimum atomic E-state index is 0.193. The van der Waals surface area contributed by atoms with Crippen LogP contribution in [0.25, 0.3) is 0 Å². The van der Waals surface area contributed by atoms with Gasteiger partial charge in [-0.15, -0.1) is 0 Å². The number of piperidine rings is 1. The molecule has 2 aromatic heterocycles. The summed E-state index contributed by atoms with van der Waals surface area (Å²) >= 11 is 7.57. The van der Waals surface area contributed by atoms with E-state index in [0.29, 0.717) is 27.9 Å². The fourth-order valence-corrected chi connectivity index (χ4v) is 6.25. The molecule has 3 aliphatic rings. The average Bonchev–Trinajstić information content (AvgIpc) is 3.29. The van der Waals surface area contributed by atoms with Gasteiger partial charge in [0.2, 0.25) is 0 Å². The molecule has 3 fully saturated rings. The predicted octanol–water partition coefficient (Wildman–Crippen LogP) is 2.56. The van der Waals surface area contributed by atoms with E-state index in [4.69, 9.17) is 33.5 Å². The maximum absolute atomic E-state index is 6.68. The van der Waals surface area contributed by atoms with E-state index in [2.05, 4.69) is 19.9 Å². The number of rotatable bonds is 3. The van der Waals surface area contributed by atoms with Gasteiger partial charge in [0, 0.05) is 42.7 Å². The molecule has 0 aromatic carbocycles. The molecule has 3 atom stereocenters. The van der Waals surface area contributed by atoms with Crippen molar-refractivity contribution in [2.45, 2.75) is 47.8 Å². The Kier molecular flexibility index (Phi) is 5.17. The highest BCUT2D eigenvalue weighted by Crippen LogP contribution is 2.52. The van der Waals surface area contributed by atoms with Crippen LogP contribution in [0, 0.1) is 11.3 Å². The van der Waals surface area contributed by atoms with Gasteiger partial charge in [-0.1, -0.05) is 23.4 Å². The molecule has 6 N–H and O–H groups in total. The summed E-state index contributed by atoms with van der Waals surface area (Å²) in [5.74, 6) is 1.99. The van der Waals surface area contributed by atoms with Gasteiger partial charge in [-0.25, -0.2) is 15.0 Å². The Hall–Kier alpha value is -1.81. The second-order valence-electron chi connectivity index (χ2n) is 8.47. The van der Waals surface area contributed by atoms with Crippen LogP contribution in [0.1, 0.15) is 25.7 Å². The van der Waals surface area contributed by atoms with Crippen LogP contribution >= 0.6 is 23.4 Å². The normalized spacial score (nSPS) is 27.5. The first kappa shape index (κ1) is 20.1. The molecule has 0 radical (unpaired) electrons. The number of fused-ring (bicyclic) bond motifs is 1. The molecule has 2 aromatic rings. The minimum absolute atomic E-state index is 0.193. The van der Waals surface area contributed by atoms with Crippen molar-refractivity contribution in [1.82, 2.24) is 15.0 Å². The zero-order valence-electron chi connectivity index (χ0n) is 16.6. The van der Waals surface area contributed by atoms with Crippen LogP contribution in [0.5, 0.6) is 0 Å². The quantitative estimate of drug-likeness (QED) is 0.649. The second kappa shape index (κ2) is 7.71. The molecule has 10 heteroatoms. The highest BCUT2D eigenvalue weighted by Gasteiger charge is 2.54. The van der Waals surface area contributed by atoms with Crippen molar-refractivity contribution < 1.29 is 4.74 Å². The first-order valence-corrected chi connectivity index (χ1v) is 11.5. The molecule has 160 valence electrons. The second-order valence-corrected chi connectivity index (χ2v) is 9.88. The van der Waals surface area contributed by atoms with Gasteiger partial charge < -0.3 is 26.8 Å². The third-order valence-electron chi connectivity index (χ3n) is 6.96. The lowest BCUT2D eigenvalue weighted by Crippen LogP contribution is -2.49. The number of pyridine rings is 1. The summed E-state index contributed by atoms with van der Waals surface area (Å²) in [5.41, 5.74) is 18.9. The molecular weight excluding hydrogens is 422 g/mol. The molecule has 2 unspecified atom stereocenters. The van der Waals surface area contributed by atoms with Crippen LogP contribution in [-0.2, 0) is 4.74 Å². The molecule has 1 saturated carbocycles. The largest absolute Gasteiger partial charge is 0.382 e. The standard InChI is InChI=1S/C20H26ClN7OS/c21-15-13(1-5-25-17(15)23)30-19-18(24)27-14(10-26-19)28-6-3-20(4-7-28)9-12-11(16(20)22)2-8-29-12/h1,5,10-12,16H,2-4,6-9,22H2,(H2,23,25)(H2,24,27)/t11-,12?,16?/m0/s1. The maximum atomic E-state index is 6.68. The fraction of sp³-hybridized carbons (Fsp3) is 0.550. The number of hydrogen-bond acceptors (Lipinski definition) is 9. The van der Waals surface area contributed by atoms with E-state index in [-0.39, 0.29) is 17.3 Å². The zero-order valence-corrected chi connectivity index (χ0v) is 18.2. The molecule has 2 saturated heterocycles. The van der Waals surface area contributed by atoms with E-state index in [0.717, 1.165) is 56.1 Å². The van der Waals surface area contributed by atoms with E-state index >= 15 is 0 Å². The van der Waals surface area contributed by atoms with Gasteiger partial charge in [0.05, 0.1) is 17.3 Å². The van der Waals surface area contributed by atoms with Crippen molar-refractivity contribution in [3.8, 4) is 0 Å². The smallest absolute Gasteiger partial charge is 0.158 e. The number of halogens is 1. The van der Waals surface area contributed by atoms with Crippen LogP contribution in [0.15, 0.2) is 28.4 Å². The van der Waals surface area contributed by atoms with Gasteiger partial charge in [-0.05, 0) is 37.2 Å². The molecular formula is C20H26ClN7OS. The number of aromatic nitrogens is 3. The van der Waals surface area contributed by atoms with Gasteiger partial charge in [0.25, 0.3) is 0 Å². The van der Waals surface area contributed by atoms with Crippen LogP contribution in [-0.4, -0.2) is 46.8 Å². The predicted molar refractivity (Wildman–Crippen MR) is 119 cm³/mol. The molecule has 5 rings (SSSR count). The van der Waals surface area contributed by atoms with E-state index < -0.39 is 0 Å². The Labute approximate surface area is 184 Å². The van der Waals surface area contributed by atoms with Crippen molar-refractivity contribution in [3.63, 3.8) is 0 Å². The summed E-state index contributed by atoms with van der Waals surface area (Å²) in [6.07, 6.45) is 8.03. The van der Waals surface area contributed by atoms with Crippen LogP contribution in [0.2, 0.25) is 5.02 Å². The zero-order chi connectivity index (χ0) is 20.9. The van der Waals surface area contributed by atoms with Gasteiger partial charge in [-0.3, -0.25) is 0 Å². The third kappa shape index (κ3) is 3.37. The number of anilines is 3. The van der Waals surface area contributed by atoms with E-state index in [1.807, 2.05) is 0 Å². The lowest BCUT2D eigenvalue weighted by Gasteiger charge is -2.43. The van der Waals surface area contributed by atoms with Gasteiger partial charge in [0.15, 0.2) is 5.82 Å². The molecule has 4 heterocycles. The Morgan fingerprint density at radius 1 is 1.20 bits per heavy atom. The molecule has 0 amide bonds. The summed E-state index contributed by atoms with van der Waals surface area (Å²) < 4.78 is 5.92. The Balaban J connectivity index is 1.27.